The Labute approximate surface area is 112 Å². The van der Waals surface area contributed by atoms with Crippen molar-refractivity contribution in [1.82, 2.24) is 19.9 Å². The Morgan fingerprint density at radius 3 is 3.00 bits per heavy atom. The van der Waals surface area contributed by atoms with Crippen molar-refractivity contribution in [3.63, 3.8) is 0 Å². The smallest absolute Gasteiger partial charge is 0.276 e. The minimum absolute atomic E-state index is 0.0909. The molecule has 0 aromatic carbocycles. The van der Waals surface area contributed by atoms with Gasteiger partial charge < -0.3 is 10.6 Å². The molecule has 1 aromatic heterocycles. The maximum absolute atomic E-state index is 12.1. The van der Waals surface area contributed by atoms with Gasteiger partial charge >= 0.3 is 0 Å². The molecule has 0 saturated carbocycles. The van der Waals surface area contributed by atoms with Gasteiger partial charge in [-0.05, 0) is 25.4 Å². The van der Waals surface area contributed by atoms with Crippen LogP contribution in [0.25, 0.3) is 0 Å². The Morgan fingerprint density at radius 1 is 1.67 bits per heavy atom. The molecule has 0 aliphatic heterocycles. The number of hydrogen-bond acceptors (Lipinski definition) is 5. The summed E-state index contributed by atoms with van der Waals surface area (Å²) < 4.78 is 1.59. The molecule has 7 heteroatoms. The van der Waals surface area contributed by atoms with E-state index in [1.165, 1.54) is 0 Å². The van der Waals surface area contributed by atoms with Crippen molar-refractivity contribution in [2.75, 3.05) is 25.6 Å². The van der Waals surface area contributed by atoms with Crippen LogP contribution in [-0.2, 0) is 6.54 Å². The number of carbonyl (C=O) groups is 1. The van der Waals surface area contributed by atoms with Gasteiger partial charge in [-0.25, -0.2) is 0 Å². The third-order valence-corrected chi connectivity index (χ3v) is 3.48. The van der Waals surface area contributed by atoms with Crippen LogP contribution in [0.4, 0.5) is 0 Å². The number of nitrogens with zero attached hydrogens (tertiary/aromatic N) is 4. The van der Waals surface area contributed by atoms with Crippen molar-refractivity contribution in [3.8, 4) is 0 Å². The summed E-state index contributed by atoms with van der Waals surface area (Å²) in [7, 11) is 1.80. The number of aromatic nitrogens is 3. The highest BCUT2D eigenvalue weighted by atomic mass is 32.2. The summed E-state index contributed by atoms with van der Waals surface area (Å²) in [5.74, 6) is 0.949. The first-order valence-electron chi connectivity index (χ1n) is 5.96. The average molecular weight is 271 g/mol. The van der Waals surface area contributed by atoms with Crippen molar-refractivity contribution in [2.24, 2.45) is 5.73 Å². The number of rotatable bonds is 7. The van der Waals surface area contributed by atoms with Crippen molar-refractivity contribution in [3.05, 3.63) is 11.9 Å². The predicted molar refractivity (Wildman–Crippen MR) is 73.6 cm³/mol. The van der Waals surface area contributed by atoms with Gasteiger partial charge in [0.2, 0.25) is 0 Å². The van der Waals surface area contributed by atoms with Gasteiger partial charge in [0, 0.05) is 19.6 Å². The van der Waals surface area contributed by atoms with Crippen molar-refractivity contribution in [1.29, 1.82) is 0 Å². The minimum atomic E-state index is -0.0909. The van der Waals surface area contributed by atoms with E-state index in [1.807, 2.05) is 6.92 Å². The second kappa shape index (κ2) is 7.38. The van der Waals surface area contributed by atoms with E-state index in [-0.39, 0.29) is 11.9 Å². The zero-order chi connectivity index (χ0) is 13.5. The molecule has 0 spiro atoms. The Hall–Kier alpha value is -1.08. The summed E-state index contributed by atoms with van der Waals surface area (Å²) in [6, 6.07) is 0.199. The molecule has 6 nitrogen and oxygen atoms in total. The second-order valence-electron chi connectivity index (χ2n) is 4.20. The Balaban J connectivity index is 2.61. The van der Waals surface area contributed by atoms with E-state index in [4.69, 9.17) is 5.73 Å². The molecule has 0 bridgehead atoms. The molecule has 0 aliphatic carbocycles. The topological polar surface area (TPSA) is 77.0 Å². The summed E-state index contributed by atoms with van der Waals surface area (Å²) in [4.78, 5) is 13.9. The standard InChI is InChI=1S/C11H21N5OS/c1-9(4-7-18-3)15(2)11(17)10-8-16(6-5-12)14-13-10/h8-9H,4-7,12H2,1-3H3. The molecule has 2 N–H and O–H groups in total. The van der Waals surface area contributed by atoms with Gasteiger partial charge in [0.25, 0.3) is 5.91 Å². The molecule has 0 radical (unpaired) electrons. The second-order valence-corrected chi connectivity index (χ2v) is 5.19. The molecule has 1 amide bonds. The van der Waals surface area contributed by atoms with Gasteiger partial charge in [-0.2, -0.15) is 11.8 Å². The molecule has 1 unspecified atom stereocenters. The summed E-state index contributed by atoms with van der Waals surface area (Å²) in [5.41, 5.74) is 5.80. The third kappa shape index (κ3) is 3.99. The average Bonchev–Trinajstić information content (AvgIpc) is 2.83. The lowest BCUT2D eigenvalue weighted by Gasteiger charge is -2.23. The van der Waals surface area contributed by atoms with Crippen LogP contribution in [0.15, 0.2) is 6.20 Å². The van der Waals surface area contributed by atoms with Gasteiger partial charge in [0.15, 0.2) is 5.69 Å². The van der Waals surface area contributed by atoms with Crippen LogP contribution in [0, 0.1) is 0 Å². The highest BCUT2D eigenvalue weighted by Crippen LogP contribution is 2.09. The van der Waals surface area contributed by atoms with E-state index < -0.39 is 0 Å². The van der Waals surface area contributed by atoms with E-state index in [2.05, 4.69) is 16.6 Å². The van der Waals surface area contributed by atoms with E-state index in [1.54, 1.807) is 34.6 Å². The highest BCUT2D eigenvalue weighted by Gasteiger charge is 2.19. The molecule has 1 rings (SSSR count). The van der Waals surface area contributed by atoms with Gasteiger partial charge in [0.05, 0.1) is 12.7 Å². The van der Waals surface area contributed by atoms with Gasteiger partial charge in [-0.15, -0.1) is 5.10 Å². The van der Waals surface area contributed by atoms with E-state index in [0.717, 1.165) is 12.2 Å². The largest absolute Gasteiger partial charge is 0.338 e. The molecular formula is C11H21N5OS. The fourth-order valence-corrected chi connectivity index (χ4v) is 2.08. The third-order valence-electron chi connectivity index (χ3n) is 2.84. The zero-order valence-electron chi connectivity index (χ0n) is 11.2. The molecule has 1 heterocycles. The fraction of sp³-hybridized carbons (Fsp3) is 0.727. The molecule has 18 heavy (non-hydrogen) atoms. The highest BCUT2D eigenvalue weighted by molar-refractivity contribution is 7.98. The number of nitrogens with two attached hydrogens (primary N) is 1. The van der Waals surface area contributed by atoms with E-state index in [0.29, 0.717) is 18.8 Å². The molecule has 0 saturated heterocycles. The first-order chi connectivity index (χ1) is 8.60. The minimum Gasteiger partial charge on any atom is -0.338 e. The Morgan fingerprint density at radius 2 is 2.39 bits per heavy atom. The van der Waals surface area contributed by atoms with Crippen LogP contribution in [0.2, 0.25) is 0 Å². The predicted octanol–water partition coefficient (Wildman–Crippen LogP) is 0.450. The first kappa shape index (κ1) is 15.0. The monoisotopic (exact) mass is 271 g/mol. The fourth-order valence-electron chi connectivity index (χ4n) is 1.50. The zero-order valence-corrected chi connectivity index (χ0v) is 12.0. The van der Waals surface area contributed by atoms with Gasteiger partial charge in [0.1, 0.15) is 0 Å². The lowest BCUT2D eigenvalue weighted by molar-refractivity contribution is 0.0735. The number of amides is 1. The quantitative estimate of drug-likeness (QED) is 0.779. The lowest BCUT2D eigenvalue weighted by Crippen LogP contribution is -2.35. The van der Waals surface area contributed by atoms with Crippen LogP contribution in [0.5, 0.6) is 0 Å². The summed E-state index contributed by atoms with van der Waals surface area (Å²) in [6.07, 6.45) is 4.68. The van der Waals surface area contributed by atoms with Crippen LogP contribution < -0.4 is 5.73 Å². The van der Waals surface area contributed by atoms with E-state index >= 15 is 0 Å². The number of carbonyl (C=O) groups excluding carboxylic acids is 1. The Kier molecular flexibility index (Phi) is 6.14. The normalized spacial score (nSPS) is 12.4. The summed E-state index contributed by atoms with van der Waals surface area (Å²) in [5, 5.41) is 7.75. The summed E-state index contributed by atoms with van der Waals surface area (Å²) in [6.45, 7) is 3.10. The lowest BCUT2D eigenvalue weighted by atomic mass is 10.2. The molecule has 0 aliphatic rings. The maximum atomic E-state index is 12.1. The molecule has 0 fully saturated rings. The SMILES string of the molecule is CSCCC(C)N(C)C(=O)c1cn(CCN)nn1. The first-order valence-corrected chi connectivity index (χ1v) is 7.35. The molecule has 1 aromatic rings. The maximum Gasteiger partial charge on any atom is 0.276 e. The number of hydrogen-bond donors (Lipinski definition) is 1. The van der Waals surface area contributed by atoms with E-state index in [9.17, 15) is 4.79 Å². The molecular weight excluding hydrogens is 250 g/mol. The van der Waals surface area contributed by atoms with Gasteiger partial charge in [-0.3, -0.25) is 9.48 Å². The van der Waals surface area contributed by atoms with Gasteiger partial charge in [-0.1, -0.05) is 5.21 Å². The molecule has 102 valence electrons. The Bertz CT molecular complexity index is 381. The van der Waals surface area contributed by atoms with Crippen molar-refractivity contribution < 1.29 is 4.79 Å². The molecule has 1 atom stereocenters. The summed E-state index contributed by atoms with van der Waals surface area (Å²) >= 11 is 1.78. The van der Waals surface area contributed by atoms with Crippen molar-refractivity contribution >= 4 is 17.7 Å². The van der Waals surface area contributed by atoms with Crippen LogP contribution in [0.3, 0.4) is 0 Å². The van der Waals surface area contributed by atoms with Crippen LogP contribution in [0.1, 0.15) is 23.8 Å². The van der Waals surface area contributed by atoms with Crippen LogP contribution in [-0.4, -0.2) is 57.4 Å². The number of thioether (sulfide) groups is 1. The van der Waals surface area contributed by atoms with Crippen LogP contribution >= 0.6 is 11.8 Å². The van der Waals surface area contributed by atoms with Crippen molar-refractivity contribution in [2.45, 2.75) is 25.9 Å².